The Morgan fingerprint density at radius 1 is 1.13 bits per heavy atom. The molecule has 1 aromatic heterocycles. The average Bonchev–Trinajstić information content (AvgIpc) is 3.21. The molecule has 0 fully saturated rings. The second-order valence-corrected chi connectivity index (χ2v) is 9.86. The molecule has 4 rings (SSSR count). The molecule has 0 saturated carbocycles. The third kappa shape index (κ3) is 5.32. The van der Waals surface area contributed by atoms with Gasteiger partial charge in [0.05, 0.1) is 11.7 Å². The zero-order valence-electron chi connectivity index (χ0n) is 17.5. The van der Waals surface area contributed by atoms with E-state index in [2.05, 4.69) is 26.9 Å². The van der Waals surface area contributed by atoms with Crippen molar-refractivity contribution in [2.45, 2.75) is 43.4 Å². The Labute approximate surface area is 189 Å². The van der Waals surface area contributed by atoms with E-state index in [9.17, 15) is 9.59 Å². The van der Waals surface area contributed by atoms with Crippen LogP contribution in [0.15, 0.2) is 46.8 Å². The molecule has 160 valence electrons. The number of hydrogen-bond donors (Lipinski definition) is 2. The van der Waals surface area contributed by atoms with Crippen molar-refractivity contribution in [3.63, 3.8) is 0 Å². The van der Waals surface area contributed by atoms with E-state index in [0.717, 1.165) is 41.6 Å². The number of carbonyl (C=O) groups excluding carboxylic acids is 2. The molecule has 3 aromatic rings. The zero-order chi connectivity index (χ0) is 21.8. The summed E-state index contributed by atoms with van der Waals surface area (Å²) in [5, 5.41) is 14.5. The van der Waals surface area contributed by atoms with Crippen LogP contribution in [0.5, 0.6) is 0 Å². The molecule has 0 aliphatic heterocycles. The van der Waals surface area contributed by atoms with Crippen molar-refractivity contribution >= 4 is 45.7 Å². The van der Waals surface area contributed by atoms with E-state index >= 15 is 0 Å². The van der Waals surface area contributed by atoms with Gasteiger partial charge in [0.15, 0.2) is 4.34 Å². The number of nitrogens with zero attached hydrogens (tertiary/aromatic N) is 2. The molecule has 1 atom stereocenters. The van der Waals surface area contributed by atoms with Gasteiger partial charge in [-0.25, -0.2) is 0 Å². The van der Waals surface area contributed by atoms with Gasteiger partial charge >= 0.3 is 0 Å². The van der Waals surface area contributed by atoms with Crippen molar-refractivity contribution in [1.82, 2.24) is 10.2 Å². The highest BCUT2D eigenvalue weighted by atomic mass is 32.2. The van der Waals surface area contributed by atoms with Crippen molar-refractivity contribution in [2.24, 2.45) is 0 Å². The summed E-state index contributed by atoms with van der Waals surface area (Å²) in [6, 6.07) is 14.0. The molecular formula is C23H24N4O2S2. The molecule has 31 heavy (non-hydrogen) atoms. The van der Waals surface area contributed by atoms with E-state index in [1.165, 1.54) is 28.7 Å². The lowest BCUT2D eigenvalue weighted by molar-refractivity contribution is -0.118. The number of amides is 2. The minimum absolute atomic E-state index is 0.0487. The van der Waals surface area contributed by atoms with Crippen molar-refractivity contribution in [3.8, 4) is 0 Å². The van der Waals surface area contributed by atoms with Crippen LogP contribution >= 0.6 is 23.1 Å². The number of hydrogen-bond acceptors (Lipinski definition) is 6. The second-order valence-electron chi connectivity index (χ2n) is 7.66. The van der Waals surface area contributed by atoms with E-state index in [0.29, 0.717) is 9.47 Å². The quantitative estimate of drug-likeness (QED) is 0.409. The summed E-state index contributed by atoms with van der Waals surface area (Å²) in [6.45, 7) is 3.99. The van der Waals surface area contributed by atoms with Crippen LogP contribution < -0.4 is 10.6 Å². The van der Waals surface area contributed by atoms with Gasteiger partial charge in [0, 0.05) is 5.69 Å². The first-order valence-electron chi connectivity index (χ1n) is 10.2. The van der Waals surface area contributed by atoms with E-state index in [1.807, 2.05) is 50.2 Å². The number of benzene rings is 2. The fourth-order valence-corrected chi connectivity index (χ4v) is 5.36. The van der Waals surface area contributed by atoms with Gasteiger partial charge in [-0.3, -0.25) is 14.9 Å². The highest BCUT2D eigenvalue weighted by molar-refractivity contribution is 8.01. The second kappa shape index (κ2) is 9.62. The summed E-state index contributed by atoms with van der Waals surface area (Å²) in [4.78, 5) is 25.1. The van der Waals surface area contributed by atoms with Crippen molar-refractivity contribution < 1.29 is 9.59 Å². The fraction of sp³-hybridized carbons (Fsp3) is 0.304. The fourth-order valence-electron chi connectivity index (χ4n) is 3.80. The minimum Gasteiger partial charge on any atom is -0.325 e. The number of fused-ring (bicyclic) bond motifs is 1. The summed E-state index contributed by atoms with van der Waals surface area (Å²) in [5.41, 5.74) is 5.36. The third-order valence-corrected chi connectivity index (χ3v) is 7.28. The number of rotatable bonds is 6. The molecular weight excluding hydrogens is 428 g/mol. The van der Waals surface area contributed by atoms with Gasteiger partial charge in [-0.05, 0) is 55.9 Å². The summed E-state index contributed by atoms with van der Waals surface area (Å²) in [6.07, 6.45) is 2.85. The predicted molar refractivity (Wildman–Crippen MR) is 126 cm³/mol. The molecule has 0 saturated heterocycles. The first-order chi connectivity index (χ1) is 15.0. The van der Waals surface area contributed by atoms with Gasteiger partial charge in [0.1, 0.15) is 0 Å². The first-order valence-corrected chi connectivity index (χ1v) is 12.0. The highest BCUT2D eigenvalue weighted by Crippen LogP contribution is 2.33. The van der Waals surface area contributed by atoms with Crippen LogP contribution in [0.4, 0.5) is 10.8 Å². The molecule has 0 spiro atoms. The predicted octanol–water partition coefficient (Wildman–Crippen LogP) is 4.94. The van der Waals surface area contributed by atoms with Gasteiger partial charge in [-0.15, -0.1) is 10.2 Å². The molecule has 2 aromatic carbocycles. The lowest BCUT2D eigenvalue weighted by Crippen LogP contribution is -2.24. The summed E-state index contributed by atoms with van der Waals surface area (Å²) in [7, 11) is 0. The van der Waals surface area contributed by atoms with Crippen LogP contribution in [0.1, 0.15) is 41.0 Å². The molecule has 6 nitrogen and oxygen atoms in total. The van der Waals surface area contributed by atoms with Crippen LogP contribution in [-0.2, 0) is 16.0 Å². The lowest BCUT2D eigenvalue weighted by atomic mass is 9.82. The summed E-state index contributed by atoms with van der Waals surface area (Å²) >= 11 is 2.60. The van der Waals surface area contributed by atoms with E-state index in [1.54, 1.807) is 0 Å². The van der Waals surface area contributed by atoms with Crippen molar-refractivity contribution in [2.75, 3.05) is 16.4 Å². The summed E-state index contributed by atoms with van der Waals surface area (Å²) < 4.78 is 0.648. The molecule has 2 N–H and O–H groups in total. The van der Waals surface area contributed by atoms with Crippen molar-refractivity contribution in [1.29, 1.82) is 0 Å². The minimum atomic E-state index is -0.159. The van der Waals surface area contributed by atoms with Gasteiger partial charge < -0.3 is 5.32 Å². The van der Waals surface area contributed by atoms with Crippen molar-refractivity contribution in [3.05, 3.63) is 64.7 Å². The van der Waals surface area contributed by atoms with Crippen LogP contribution in [0.25, 0.3) is 0 Å². The van der Waals surface area contributed by atoms with Gasteiger partial charge in [-0.1, -0.05) is 65.1 Å². The lowest BCUT2D eigenvalue weighted by Gasteiger charge is -2.24. The summed E-state index contributed by atoms with van der Waals surface area (Å²) in [5.74, 6) is -0.0798. The number of aromatic nitrogens is 2. The Hall–Kier alpha value is -2.71. The highest BCUT2D eigenvalue weighted by Gasteiger charge is 2.27. The molecule has 2 amide bonds. The largest absolute Gasteiger partial charge is 0.325 e. The maximum atomic E-state index is 12.8. The average molecular weight is 453 g/mol. The third-order valence-electron chi connectivity index (χ3n) is 5.31. The Bertz CT molecular complexity index is 1110. The van der Waals surface area contributed by atoms with Crippen LogP contribution in [-0.4, -0.2) is 27.8 Å². The maximum absolute atomic E-state index is 12.8. The topological polar surface area (TPSA) is 84.0 Å². The SMILES string of the molecule is Cc1ccc(NC(=O)CSc2nnc(NC(=O)[C@@H]3CCCc4ccccc43)s2)c(C)c1. The number of thioether (sulfide) groups is 1. The Kier molecular flexibility index (Phi) is 6.67. The Morgan fingerprint density at radius 2 is 1.97 bits per heavy atom. The molecule has 1 heterocycles. The smallest absolute Gasteiger partial charge is 0.234 e. The standard InChI is InChI=1S/C23H24N4O2S2/c1-14-10-11-19(15(2)12-14)24-20(28)13-30-23-27-26-22(31-23)25-21(29)18-9-5-7-16-6-3-4-8-17(16)18/h3-4,6,8,10-12,18H,5,7,9,13H2,1-2H3,(H,24,28)(H,25,26,29)/t18-/m1/s1. The maximum Gasteiger partial charge on any atom is 0.234 e. The molecule has 0 unspecified atom stereocenters. The zero-order valence-corrected chi connectivity index (χ0v) is 19.1. The van der Waals surface area contributed by atoms with E-state index in [-0.39, 0.29) is 23.5 Å². The van der Waals surface area contributed by atoms with Gasteiger partial charge in [0.2, 0.25) is 16.9 Å². The Morgan fingerprint density at radius 3 is 2.81 bits per heavy atom. The van der Waals surface area contributed by atoms with Crippen LogP contribution in [0, 0.1) is 13.8 Å². The number of aryl methyl sites for hydroxylation is 3. The number of nitrogens with one attached hydrogen (secondary N) is 2. The van der Waals surface area contributed by atoms with E-state index in [4.69, 9.17) is 0 Å². The monoisotopic (exact) mass is 452 g/mol. The molecule has 1 aliphatic rings. The molecule has 1 aliphatic carbocycles. The first kappa shape index (κ1) is 21.5. The van der Waals surface area contributed by atoms with Crippen LogP contribution in [0.3, 0.4) is 0 Å². The van der Waals surface area contributed by atoms with Crippen LogP contribution in [0.2, 0.25) is 0 Å². The number of carbonyl (C=O) groups is 2. The molecule has 8 heteroatoms. The Balaban J connectivity index is 1.31. The number of anilines is 2. The molecule has 0 bridgehead atoms. The van der Waals surface area contributed by atoms with Gasteiger partial charge in [-0.2, -0.15) is 0 Å². The normalized spacial score (nSPS) is 15.2. The van der Waals surface area contributed by atoms with E-state index < -0.39 is 0 Å². The molecule has 0 radical (unpaired) electrons. The van der Waals surface area contributed by atoms with Gasteiger partial charge in [0.25, 0.3) is 0 Å².